The average molecular weight is 1580 g/mol. The molecular weight excluding hydrogens is 1460 g/mol. The number of benzene rings is 16. The molecule has 0 atom stereocenters. The van der Waals surface area contributed by atoms with E-state index in [1.54, 1.807) is 0 Å². The SMILES string of the molecule is CC.CC.CC.CC.CC.Cc1ccccc1.Cc1ccccc1.Cc1ccccc1.Cc1ccccc1.Cc1ccccc1.Cc1ccccc1.c1ccc2c(c1)oc1ccccc12.c1ccc2c(c1)oc1ccccc12.c1ccc2c(c1)oc1ccccc12.c1ccc2c(c1)sc1ccccc12.c1ccc2c(c1)sc1ccccc12. The van der Waals surface area contributed by atoms with Crippen LogP contribution in [0.2, 0.25) is 0 Å². The lowest BCUT2D eigenvalue weighted by atomic mass is 10.2. The standard InChI is InChI=1S/3C12H8O.2C12H8S.6C7H8.5C2H6/c5*1-3-7-11-9(5-1)10-6-2-4-8-12(10)13-11;6*1-7-5-3-2-4-6-7;5*1-2/h5*1-8H;6*2-6H,1H3;5*1-2H3. The van der Waals surface area contributed by atoms with E-state index in [9.17, 15) is 0 Å². The van der Waals surface area contributed by atoms with Crippen molar-refractivity contribution in [3.8, 4) is 0 Å². The first-order valence-corrected chi connectivity index (χ1v) is 42.7. The van der Waals surface area contributed by atoms with E-state index in [1.165, 1.54) is 106 Å². The van der Waals surface area contributed by atoms with Gasteiger partial charge in [-0.2, -0.15) is 0 Å². The Morgan fingerprint density at radius 1 is 0.128 bits per heavy atom. The second-order valence-corrected chi connectivity index (χ2v) is 27.6. The topological polar surface area (TPSA) is 39.4 Å². The quantitative estimate of drug-likeness (QED) is 0.152. The van der Waals surface area contributed by atoms with Crippen LogP contribution in [0.15, 0.2) is 438 Å². The van der Waals surface area contributed by atoms with E-state index in [1.807, 2.05) is 310 Å². The van der Waals surface area contributed by atoms with Gasteiger partial charge in [-0.3, -0.25) is 0 Å². The molecule has 5 heterocycles. The fourth-order valence-corrected chi connectivity index (χ4v) is 13.8. The summed E-state index contributed by atoms with van der Waals surface area (Å²) >= 11 is 3.72. The Morgan fingerprint density at radius 2 is 0.239 bits per heavy atom. The number of hydrogen-bond donors (Lipinski definition) is 0. The monoisotopic (exact) mass is 1570 g/mol. The summed E-state index contributed by atoms with van der Waals surface area (Å²) in [7, 11) is 0. The van der Waals surface area contributed by atoms with Gasteiger partial charge >= 0.3 is 0 Å². The Morgan fingerprint density at radius 3 is 0.368 bits per heavy atom. The molecular formula is C112H118O3S2. The minimum absolute atomic E-state index is 0.962. The average Bonchev–Trinajstić information content (AvgIpc) is 1.69. The highest BCUT2D eigenvalue weighted by atomic mass is 32.1. The zero-order valence-corrected chi connectivity index (χ0v) is 73.1. The summed E-state index contributed by atoms with van der Waals surface area (Å²) in [6.45, 7) is 32.5. The van der Waals surface area contributed by atoms with Gasteiger partial charge in [0.15, 0.2) is 0 Å². The molecule has 0 aliphatic rings. The lowest BCUT2D eigenvalue weighted by molar-refractivity contribution is 0.668. The fraction of sp³-hybridized carbons (Fsp3) is 0.143. The zero-order chi connectivity index (χ0) is 84.0. The van der Waals surface area contributed by atoms with E-state index in [4.69, 9.17) is 13.3 Å². The first kappa shape index (κ1) is 93.2. The molecule has 16 aromatic carbocycles. The molecule has 0 radical (unpaired) electrons. The molecule has 0 saturated heterocycles. The number of fused-ring (bicyclic) bond motifs is 15. The summed E-state index contributed by atoms with van der Waals surface area (Å²) < 4.78 is 22.5. The Hall–Kier alpha value is -12.6. The van der Waals surface area contributed by atoms with Gasteiger partial charge in [0, 0.05) is 72.7 Å². The Labute approximate surface area is 705 Å². The lowest BCUT2D eigenvalue weighted by Gasteiger charge is -1.88. The number of para-hydroxylation sites is 6. The number of thiophene rings is 2. The number of hydrogen-bond acceptors (Lipinski definition) is 5. The van der Waals surface area contributed by atoms with E-state index in [2.05, 4.69) is 248 Å². The third-order valence-electron chi connectivity index (χ3n) is 17.1. The largest absolute Gasteiger partial charge is 0.456 e. The number of furan rings is 3. The summed E-state index contributed by atoms with van der Waals surface area (Å²) in [5.74, 6) is 0. The third kappa shape index (κ3) is 30.9. The van der Waals surface area contributed by atoms with Gasteiger partial charge in [-0.1, -0.05) is 467 Å². The molecule has 3 nitrogen and oxygen atoms in total. The summed E-state index contributed by atoms with van der Waals surface area (Å²) in [5, 5.41) is 12.7. The van der Waals surface area contributed by atoms with E-state index in [-0.39, 0.29) is 0 Å². The van der Waals surface area contributed by atoms with Gasteiger partial charge in [-0.25, -0.2) is 0 Å². The van der Waals surface area contributed by atoms with Crippen LogP contribution in [0.5, 0.6) is 0 Å². The first-order chi connectivity index (χ1) is 57.6. The maximum Gasteiger partial charge on any atom is 0.135 e. The van der Waals surface area contributed by atoms with Crippen LogP contribution >= 0.6 is 22.7 Å². The molecule has 0 spiro atoms. The summed E-state index contributed by atoms with van der Waals surface area (Å²) in [6, 6.07) is 144. The predicted molar refractivity (Wildman–Crippen MR) is 524 cm³/mol. The fourth-order valence-electron chi connectivity index (χ4n) is 11.6. The third-order valence-corrected chi connectivity index (χ3v) is 19.4. The molecule has 596 valence electrons. The van der Waals surface area contributed by atoms with Crippen LogP contribution in [0.4, 0.5) is 0 Å². The van der Waals surface area contributed by atoms with Crippen LogP contribution in [0.3, 0.4) is 0 Å². The molecule has 5 heteroatoms. The van der Waals surface area contributed by atoms with E-state index in [0.717, 1.165) is 33.5 Å². The van der Waals surface area contributed by atoms with Crippen molar-refractivity contribution in [3.63, 3.8) is 0 Å². The Balaban J connectivity index is 0.000000200. The van der Waals surface area contributed by atoms with Gasteiger partial charge in [0.25, 0.3) is 0 Å². The summed E-state index contributed by atoms with van der Waals surface area (Å²) in [4.78, 5) is 0. The van der Waals surface area contributed by atoms with Crippen LogP contribution in [0.1, 0.15) is 103 Å². The van der Waals surface area contributed by atoms with Crippen LogP contribution in [-0.4, -0.2) is 0 Å². The van der Waals surface area contributed by atoms with E-state index < -0.39 is 0 Å². The maximum absolute atomic E-state index is 5.65. The Bertz CT molecular complexity index is 4920. The highest BCUT2D eigenvalue weighted by Gasteiger charge is 2.07. The highest BCUT2D eigenvalue weighted by molar-refractivity contribution is 7.26. The predicted octanol–water partition coefficient (Wildman–Crippen LogP) is 36.0. The van der Waals surface area contributed by atoms with Crippen molar-refractivity contribution in [3.05, 3.63) is 458 Å². The van der Waals surface area contributed by atoms with Gasteiger partial charge in [0.1, 0.15) is 33.5 Å². The zero-order valence-electron chi connectivity index (χ0n) is 71.5. The highest BCUT2D eigenvalue weighted by Crippen LogP contribution is 2.35. The first-order valence-electron chi connectivity index (χ1n) is 41.0. The minimum atomic E-state index is 0.962. The second kappa shape index (κ2) is 55.0. The molecule has 0 bridgehead atoms. The van der Waals surface area contributed by atoms with E-state index >= 15 is 0 Å². The lowest BCUT2D eigenvalue weighted by Crippen LogP contribution is -1.62. The number of rotatable bonds is 0. The van der Waals surface area contributed by atoms with Crippen molar-refractivity contribution in [1.82, 2.24) is 0 Å². The normalized spacial score (nSPS) is 9.54. The van der Waals surface area contributed by atoms with Gasteiger partial charge in [0.2, 0.25) is 0 Å². The smallest absolute Gasteiger partial charge is 0.135 e. The second-order valence-electron chi connectivity index (χ2n) is 25.4. The molecule has 21 rings (SSSR count). The molecule has 5 aromatic heterocycles. The molecule has 117 heavy (non-hydrogen) atoms. The van der Waals surface area contributed by atoms with Crippen molar-refractivity contribution in [2.24, 2.45) is 0 Å². The molecule has 0 fully saturated rings. The van der Waals surface area contributed by atoms with Crippen molar-refractivity contribution in [2.75, 3.05) is 0 Å². The van der Waals surface area contributed by atoms with Crippen LogP contribution in [-0.2, 0) is 0 Å². The molecule has 0 unspecified atom stereocenters. The molecule has 21 aromatic rings. The summed E-state index contributed by atoms with van der Waals surface area (Å²) in [5.41, 5.74) is 13.7. The van der Waals surface area contributed by atoms with E-state index in [0.29, 0.717) is 0 Å². The molecule has 0 N–H and O–H groups in total. The van der Waals surface area contributed by atoms with Crippen LogP contribution in [0, 0.1) is 41.5 Å². The molecule has 0 aliphatic heterocycles. The van der Waals surface area contributed by atoms with Crippen molar-refractivity contribution < 1.29 is 13.3 Å². The minimum Gasteiger partial charge on any atom is -0.456 e. The molecule has 0 amide bonds. The van der Waals surface area contributed by atoms with Gasteiger partial charge < -0.3 is 13.3 Å². The van der Waals surface area contributed by atoms with Crippen molar-refractivity contribution in [2.45, 2.75) is 111 Å². The van der Waals surface area contributed by atoms with Crippen molar-refractivity contribution >= 4 is 129 Å². The van der Waals surface area contributed by atoms with Gasteiger partial charge in [-0.15, -0.1) is 22.7 Å². The van der Waals surface area contributed by atoms with Crippen LogP contribution in [0.25, 0.3) is 106 Å². The Kier molecular flexibility index (Phi) is 43.8. The van der Waals surface area contributed by atoms with Crippen LogP contribution < -0.4 is 0 Å². The summed E-state index contributed by atoms with van der Waals surface area (Å²) in [6.07, 6.45) is 0. The van der Waals surface area contributed by atoms with Gasteiger partial charge in [-0.05, 0) is 102 Å². The molecule has 0 aliphatic carbocycles. The maximum atomic E-state index is 5.65. The van der Waals surface area contributed by atoms with Crippen molar-refractivity contribution in [1.29, 1.82) is 0 Å². The number of aryl methyl sites for hydroxylation is 6. The van der Waals surface area contributed by atoms with Gasteiger partial charge in [0.05, 0.1) is 0 Å². The molecule has 0 saturated carbocycles.